The minimum absolute atomic E-state index is 0.0178. The lowest BCUT2D eigenvalue weighted by Gasteiger charge is -2.29. The highest BCUT2D eigenvalue weighted by Crippen LogP contribution is 2.42. The number of nitrogens with one attached hydrogen (secondary N) is 2. The van der Waals surface area contributed by atoms with Gasteiger partial charge in [0.05, 0.1) is 41.1 Å². The first-order valence-electron chi connectivity index (χ1n) is 11.8. The van der Waals surface area contributed by atoms with Crippen molar-refractivity contribution in [3.05, 3.63) is 100 Å². The summed E-state index contributed by atoms with van der Waals surface area (Å²) >= 11 is 1.06. The molecule has 1 unspecified atom stereocenters. The van der Waals surface area contributed by atoms with Gasteiger partial charge in [-0.3, -0.25) is 9.59 Å². The van der Waals surface area contributed by atoms with E-state index in [1.54, 1.807) is 19.1 Å². The third-order valence-electron chi connectivity index (χ3n) is 5.99. The molecule has 2 amide bonds. The van der Waals surface area contributed by atoms with Crippen LogP contribution in [-0.2, 0) is 22.3 Å². The quantitative estimate of drug-likeness (QED) is 0.362. The van der Waals surface area contributed by atoms with Gasteiger partial charge in [-0.25, -0.2) is 4.99 Å². The highest BCUT2D eigenvalue weighted by atomic mass is 32.2. The number of hydrogen-bond donors (Lipinski definition) is 2. The number of anilines is 1. The second kappa shape index (κ2) is 12.0. The van der Waals surface area contributed by atoms with E-state index in [0.29, 0.717) is 18.0 Å². The van der Waals surface area contributed by atoms with Crippen molar-refractivity contribution >= 4 is 35.0 Å². The third kappa shape index (κ3) is 6.78. The first-order chi connectivity index (χ1) is 18.7. The van der Waals surface area contributed by atoms with E-state index in [2.05, 4.69) is 21.7 Å². The summed E-state index contributed by atoms with van der Waals surface area (Å²) in [6, 6.07) is 19.0. The average molecular weight is 553 g/mol. The van der Waals surface area contributed by atoms with E-state index >= 15 is 0 Å². The summed E-state index contributed by atoms with van der Waals surface area (Å²) in [4.78, 5) is 30.3. The van der Waals surface area contributed by atoms with Gasteiger partial charge in [0, 0.05) is 17.9 Å². The zero-order valence-electron chi connectivity index (χ0n) is 20.7. The minimum Gasteiger partial charge on any atom is -0.469 e. The number of nitriles is 1. The molecule has 0 bridgehead atoms. The van der Waals surface area contributed by atoms with E-state index in [1.807, 2.05) is 30.3 Å². The fourth-order valence-corrected chi connectivity index (χ4v) is 5.06. The molecule has 2 aromatic carbocycles. The van der Waals surface area contributed by atoms with E-state index in [-0.39, 0.29) is 27.9 Å². The summed E-state index contributed by atoms with van der Waals surface area (Å²) in [5, 5.41) is 15.7. The molecule has 2 heterocycles. The van der Waals surface area contributed by atoms with Gasteiger partial charge in [-0.1, -0.05) is 48.2 Å². The van der Waals surface area contributed by atoms with E-state index in [9.17, 15) is 28.0 Å². The van der Waals surface area contributed by atoms with Crippen molar-refractivity contribution in [1.29, 1.82) is 5.26 Å². The molecule has 0 spiro atoms. The Kier molecular flexibility index (Phi) is 8.56. The van der Waals surface area contributed by atoms with E-state index < -0.39 is 29.5 Å². The Balaban J connectivity index is 1.55. The molecule has 4 rings (SSSR count). The first kappa shape index (κ1) is 27.7. The number of carbonyl (C=O) groups is 2. The van der Waals surface area contributed by atoms with Crippen molar-refractivity contribution < 1.29 is 27.2 Å². The molecule has 0 saturated carbocycles. The monoisotopic (exact) mass is 552 g/mol. The molecular formula is C28H23F3N4O3S. The van der Waals surface area contributed by atoms with Crippen molar-refractivity contribution in [3.8, 4) is 6.07 Å². The normalized spacial score (nSPS) is 17.3. The topological polar surface area (TPSA) is 107 Å². The van der Waals surface area contributed by atoms with Crippen LogP contribution in [-0.4, -0.2) is 23.3 Å². The minimum atomic E-state index is -4.57. The van der Waals surface area contributed by atoms with Crippen molar-refractivity contribution in [1.82, 2.24) is 5.32 Å². The number of thioether (sulfide) groups is 1. The SMILES string of the molecule is CC1=NC(SCC(=O)NCc2ccccc2)=C(C#N)[C@@H](c2ccco2)C1C(=O)Nc1cccc(C(F)(F)F)c1. The summed E-state index contributed by atoms with van der Waals surface area (Å²) in [6.07, 6.45) is -3.17. The number of aliphatic imine (C=N–C) groups is 1. The summed E-state index contributed by atoms with van der Waals surface area (Å²) in [5.41, 5.74) is 0.441. The Hall–Kier alpha value is -4.30. The van der Waals surface area contributed by atoms with Gasteiger partial charge in [-0.2, -0.15) is 18.4 Å². The molecule has 1 aromatic heterocycles. The molecular weight excluding hydrogens is 529 g/mol. The summed E-state index contributed by atoms with van der Waals surface area (Å²) in [7, 11) is 0. The maximum Gasteiger partial charge on any atom is 0.416 e. The van der Waals surface area contributed by atoms with Crippen molar-refractivity contribution in [2.75, 3.05) is 11.1 Å². The van der Waals surface area contributed by atoms with Crippen LogP contribution in [0, 0.1) is 17.2 Å². The Bertz CT molecular complexity index is 1440. The smallest absolute Gasteiger partial charge is 0.416 e. The number of allylic oxidation sites excluding steroid dienone is 1. The van der Waals surface area contributed by atoms with E-state index in [1.165, 1.54) is 18.4 Å². The Morgan fingerprint density at radius 1 is 1.10 bits per heavy atom. The van der Waals surface area contributed by atoms with Crippen LogP contribution < -0.4 is 10.6 Å². The number of carbonyl (C=O) groups excluding carboxylic acids is 2. The van der Waals surface area contributed by atoms with Gasteiger partial charge in [0.25, 0.3) is 0 Å². The first-order valence-corrected chi connectivity index (χ1v) is 12.8. The largest absolute Gasteiger partial charge is 0.469 e. The molecule has 1 aliphatic rings. The molecule has 0 radical (unpaired) electrons. The predicted molar refractivity (Wildman–Crippen MR) is 142 cm³/mol. The van der Waals surface area contributed by atoms with Gasteiger partial charge in [0.1, 0.15) is 10.8 Å². The number of benzene rings is 2. The van der Waals surface area contributed by atoms with Crippen LogP contribution in [0.1, 0.15) is 29.7 Å². The van der Waals surface area contributed by atoms with Crippen molar-refractivity contribution in [2.45, 2.75) is 25.6 Å². The zero-order valence-corrected chi connectivity index (χ0v) is 21.5. The second-order valence-electron chi connectivity index (χ2n) is 8.67. The predicted octanol–water partition coefficient (Wildman–Crippen LogP) is 5.90. The van der Waals surface area contributed by atoms with Gasteiger partial charge < -0.3 is 15.1 Å². The highest BCUT2D eigenvalue weighted by Gasteiger charge is 2.41. The lowest BCUT2D eigenvalue weighted by molar-refractivity contribution is -0.137. The zero-order chi connectivity index (χ0) is 28.0. The van der Waals surface area contributed by atoms with E-state index in [0.717, 1.165) is 29.5 Å². The number of amides is 2. The molecule has 11 heteroatoms. The number of alkyl halides is 3. The number of rotatable bonds is 8. The Labute approximate surface area is 226 Å². The molecule has 2 N–H and O–H groups in total. The van der Waals surface area contributed by atoms with Crippen LogP contribution in [0.3, 0.4) is 0 Å². The average Bonchev–Trinajstić information content (AvgIpc) is 3.45. The Morgan fingerprint density at radius 3 is 2.54 bits per heavy atom. The second-order valence-corrected chi connectivity index (χ2v) is 9.64. The molecule has 7 nitrogen and oxygen atoms in total. The van der Waals surface area contributed by atoms with Crippen LogP contribution in [0.2, 0.25) is 0 Å². The van der Waals surface area contributed by atoms with Crippen LogP contribution in [0.4, 0.5) is 18.9 Å². The molecule has 200 valence electrons. The molecule has 0 fully saturated rings. The molecule has 2 atom stereocenters. The number of furan rings is 1. The Morgan fingerprint density at radius 2 is 1.87 bits per heavy atom. The standard InChI is InChI=1S/C28H23F3N4O3S/c1-17-24(26(37)35-20-10-5-9-19(13-20)28(29,30)31)25(22-11-6-12-38-22)21(14-32)27(34-17)39-16-23(36)33-15-18-7-3-2-4-8-18/h2-13,24-25H,15-16H2,1H3,(H,33,36)(H,35,37)/t24?,25-/m0/s1. The summed E-state index contributed by atoms with van der Waals surface area (Å²) in [6.45, 7) is 1.94. The van der Waals surface area contributed by atoms with Gasteiger partial charge in [0.15, 0.2) is 0 Å². The fraction of sp³-hybridized carbons (Fsp3) is 0.214. The molecule has 39 heavy (non-hydrogen) atoms. The highest BCUT2D eigenvalue weighted by molar-refractivity contribution is 8.03. The maximum absolute atomic E-state index is 13.4. The van der Waals surface area contributed by atoms with Gasteiger partial charge in [-0.05, 0) is 42.8 Å². The molecule has 0 saturated heterocycles. The van der Waals surface area contributed by atoms with Crippen LogP contribution in [0.25, 0.3) is 0 Å². The fourth-order valence-electron chi connectivity index (χ4n) is 4.15. The number of nitrogens with zero attached hydrogens (tertiary/aromatic N) is 2. The van der Waals surface area contributed by atoms with E-state index in [4.69, 9.17) is 4.42 Å². The lowest BCUT2D eigenvalue weighted by atomic mass is 9.79. The van der Waals surface area contributed by atoms with Crippen molar-refractivity contribution in [3.63, 3.8) is 0 Å². The van der Waals surface area contributed by atoms with Crippen LogP contribution >= 0.6 is 11.8 Å². The van der Waals surface area contributed by atoms with Crippen molar-refractivity contribution in [2.24, 2.45) is 10.9 Å². The third-order valence-corrected chi connectivity index (χ3v) is 6.98. The lowest BCUT2D eigenvalue weighted by Crippen LogP contribution is -2.36. The maximum atomic E-state index is 13.4. The van der Waals surface area contributed by atoms with Crippen LogP contribution in [0.15, 0.2) is 93.0 Å². The molecule has 0 aliphatic carbocycles. The number of hydrogen-bond acceptors (Lipinski definition) is 6. The van der Waals surface area contributed by atoms with Gasteiger partial charge in [0.2, 0.25) is 11.8 Å². The van der Waals surface area contributed by atoms with Crippen LogP contribution in [0.5, 0.6) is 0 Å². The number of halogens is 3. The molecule has 3 aromatic rings. The summed E-state index contributed by atoms with van der Waals surface area (Å²) in [5.74, 6) is -2.53. The van der Waals surface area contributed by atoms with Gasteiger partial charge >= 0.3 is 6.18 Å². The molecule has 1 aliphatic heterocycles. The summed E-state index contributed by atoms with van der Waals surface area (Å²) < 4.78 is 45.0. The van der Waals surface area contributed by atoms with Gasteiger partial charge in [-0.15, -0.1) is 0 Å².